The van der Waals surface area contributed by atoms with Crippen LogP contribution in [0.15, 0.2) is 42.5 Å². The molecule has 1 fully saturated rings. The van der Waals surface area contributed by atoms with E-state index in [1.54, 1.807) is 24.3 Å². The van der Waals surface area contributed by atoms with Gasteiger partial charge in [-0.2, -0.15) is 0 Å². The fraction of sp³-hybridized carbons (Fsp3) is 0.316. The lowest BCUT2D eigenvalue weighted by atomic mass is 9.83. The molecule has 2 aromatic rings. The Morgan fingerprint density at radius 3 is 2.58 bits per heavy atom. The van der Waals surface area contributed by atoms with Crippen molar-refractivity contribution in [3.8, 4) is 16.9 Å². The molecule has 3 unspecified atom stereocenters. The number of hydrogen-bond acceptors (Lipinski definition) is 6. The topological polar surface area (TPSA) is 96.2 Å². The number of aliphatic hydroxyl groups excluding tert-OH is 2. The van der Waals surface area contributed by atoms with Crippen LogP contribution < -0.4 is 4.74 Å². The fourth-order valence-corrected chi connectivity index (χ4v) is 3.14. The van der Waals surface area contributed by atoms with Crippen LogP contribution in [0.1, 0.15) is 12.5 Å². The van der Waals surface area contributed by atoms with E-state index in [1.807, 2.05) is 19.1 Å². The minimum absolute atomic E-state index is 0.282. The molecule has 1 saturated heterocycles. The molecule has 0 amide bonds. The zero-order valence-electron chi connectivity index (χ0n) is 14.1. The zero-order chi connectivity index (χ0) is 18.9. The van der Waals surface area contributed by atoms with Gasteiger partial charge in [0.15, 0.2) is 11.7 Å². The van der Waals surface area contributed by atoms with Gasteiger partial charge in [-0.15, -0.1) is 0 Å². The zero-order valence-corrected chi connectivity index (χ0v) is 14.8. The van der Waals surface area contributed by atoms with Crippen LogP contribution >= 0.6 is 11.6 Å². The number of benzene rings is 2. The summed E-state index contributed by atoms with van der Waals surface area (Å²) in [6.07, 6.45) is -3.53. The molecule has 0 aliphatic carbocycles. The van der Waals surface area contributed by atoms with Crippen LogP contribution in [0.5, 0.6) is 5.75 Å². The second kappa shape index (κ2) is 7.25. The lowest BCUT2D eigenvalue weighted by Gasteiger charge is -2.38. The standard InChI is InChI=1S/C19H19ClO6/c1-2-25-13-6-3-11(4-7-13)14-9-12(5-8-15(14)20)19(24)10-26-18(23)16(21)17(19)22/h3-9,16-17,21-22,24H,2,10H2,1H3. The van der Waals surface area contributed by atoms with Gasteiger partial charge in [-0.1, -0.05) is 29.8 Å². The maximum Gasteiger partial charge on any atom is 0.337 e. The molecule has 7 heteroatoms. The van der Waals surface area contributed by atoms with Crippen molar-refractivity contribution in [1.82, 2.24) is 0 Å². The minimum Gasteiger partial charge on any atom is -0.494 e. The van der Waals surface area contributed by atoms with Gasteiger partial charge in [0, 0.05) is 10.6 Å². The molecule has 0 spiro atoms. The van der Waals surface area contributed by atoms with E-state index < -0.39 is 30.4 Å². The van der Waals surface area contributed by atoms with Crippen LogP contribution in [-0.4, -0.2) is 46.7 Å². The number of carbonyl (C=O) groups excluding carboxylic acids is 1. The third kappa shape index (κ3) is 3.29. The molecule has 3 atom stereocenters. The Morgan fingerprint density at radius 2 is 1.92 bits per heavy atom. The monoisotopic (exact) mass is 378 g/mol. The third-order valence-corrected chi connectivity index (χ3v) is 4.74. The highest BCUT2D eigenvalue weighted by molar-refractivity contribution is 6.33. The van der Waals surface area contributed by atoms with E-state index in [9.17, 15) is 20.1 Å². The van der Waals surface area contributed by atoms with Crippen molar-refractivity contribution < 1.29 is 29.6 Å². The molecule has 3 rings (SSSR count). The predicted octanol–water partition coefficient (Wildman–Crippen LogP) is 1.87. The highest BCUT2D eigenvalue weighted by Crippen LogP contribution is 2.37. The second-order valence-electron chi connectivity index (χ2n) is 6.07. The van der Waals surface area contributed by atoms with Crippen LogP contribution in [0.3, 0.4) is 0 Å². The van der Waals surface area contributed by atoms with Crippen molar-refractivity contribution in [3.05, 3.63) is 53.1 Å². The smallest absolute Gasteiger partial charge is 0.337 e. The van der Waals surface area contributed by atoms with Crippen LogP contribution in [-0.2, 0) is 15.1 Å². The minimum atomic E-state index is -1.93. The van der Waals surface area contributed by atoms with E-state index in [4.69, 9.17) is 21.1 Å². The summed E-state index contributed by atoms with van der Waals surface area (Å²) in [5.41, 5.74) is -0.242. The van der Waals surface area contributed by atoms with Crippen molar-refractivity contribution in [3.63, 3.8) is 0 Å². The molecular formula is C19H19ClO6. The first-order valence-corrected chi connectivity index (χ1v) is 8.53. The lowest BCUT2D eigenvalue weighted by molar-refractivity contribution is -0.215. The maximum absolute atomic E-state index is 11.4. The summed E-state index contributed by atoms with van der Waals surface area (Å²) in [4.78, 5) is 11.4. The number of halogens is 1. The van der Waals surface area contributed by atoms with Crippen LogP contribution in [0.4, 0.5) is 0 Å². The van der Waals surface area contributed by atoms with Crippen LogP contribution in [0, 0.1) is 0 Å². The number of carbonyl (C=O) groups is 1. The summed E-state index contributed by atoms with van der Waals surface area (Å²) in [5, 5.41) is 31.2. The lowest BCUT2D eigenvalue weighted by Crippen LogP contribution is -2.57. The van der Waals surface area contributed by atoms with Gasteiger partial charge in [0.1, 0.15) is 18.5 Å². The van der Waals surface area contributed by atoms with Crippen molar-refractivity contribution in [2.75, 3.05) is 13.2 Å². The number of aliphatic hydroxyl groups is 3. The largest absolute Gasteiger partial charge is 0.494 e. The SMILES string of the molecule is CCOc1ccc(-c2cc(C3(O)COC(=O)C(O)C3O)ccc2Cl)cc1. The van der Waals surface area contributed by atoms with Crippen LogP contribution in [0.25, 0.3) is 11.1 Å². The molecule has 1 aliphatic rings. The highest BCUT2D eigenvalue weighted by Gasteiger charge is 2.50. The number of hydrogen-bond donors (Lipinski definition) is 3. The van der Waals surface area contributed by atoms with Gasteiger partial charge in [0.2, 0.25) is 0 Å². The number of cyclic esters (lactones) is 1. The fourth-order valence-electron chi connectivity index (χ4n) is 2.91. The Balaban J connectivity index is 1.98. The van der Waals surface area contributed by atoms with Gasteiger partial charge in [0.05, 0.1) is 6.61 Å². The molecule has 0 saturated carbocycles. The number of ether oxygens (including phenoxy) is 2. The molecule has 6 nitrogen and oxygen atoms in total. The molecule has 1 aliphatic heterocycles. The van der Waals surface area contributed by atoms with E-state index in [1.165, 1.54) is 6.07 Å². The first-order valence-electron chi connectivity index (χ1n) is 8.15. The van der Waals surface area contributed by atoms with Gasteiger partial charge >= 0.3 is 5.97 Å². The Kier molecular flexibility index (Phi) is 5.20. The highest BCUT2D eigenvalue weighted by atomic mass is 35.5. The molecule has 1 heterocycles. The molecule has 138 valence electrons. The van der Waals surface area contributed by atoms with Crippen molar-refractivity contribution in [1.29, 1.82) is 0 Å². The van der Waals surface area contributed by atoms with Gasteiger partial charge in [-0.3, -0.25) is 0 Å². The van der Waals surface area contributed by atoms with Crippen molar-refractivity contribution >= 4 is 17.6 Å². The van der Waals surface area contributed by atoms with Gasteiger partial charge in [0.25, 0.3) is 0 Å². The number of esters is 1. The third-order valence-electron chi connectivity index (χ3n) is 4.41. The summed E-state index contributed by atoms with van der Waals surface area (Å²) in [6.45, 7) is 1.99. The van der Waals surface area contributed by atoms with Gasteiger partial charge < -0.3 is 24.8 Å². The predicted molar refractivity (Wildman–Crippen MR) is 94.9 cm³/mol. The quantitative estimate of drug-likeness (QED) is 0.703. The average molecular weight is 379 g/mol. The van der Waals surface area contributed by atoms with E-state index in [2.05, 4.69) is 0 Å². The van der Waals surface area contributed by atoms with E-state index in [0.717, 1.165) is 11.3 Å². The molecule has 3 N–H and O–H groups in total. The van der Waals surface area contributed by atoms with Gasteiger partial charge in [-0.05, 0) is 42.3 Å². The van der Waals surface area contributed by atoms with E-state index in [-0.39, 0.29) is 5.56 Å². The van der Waals surface area contributed by atoms with Crippen molar-refractivity contribution in [2.24, 2.45) is 0 Å². The Labute approximate surface area is 155 Å². The Bertz CT molecular complexity index is 806. The molecule has 0 aromatic heterocycles. The first-order chi connectivity index (χ1) is 12.4. The van der Waals surface area contributed by atoms with E-state index in [0.29, 0.717) is 17.2 Å². The summed E-state index contributed by atoms with van der Waals surface area (Å²) in [5.74, 6) is -0.247. The molecule has 26 heavy (non-hydrogen) atoms. The Hall–Kier alpha value is -2.12. The normalized spacial score (nSPS) is 25.7. The Morgan fingerprint density at radius 1 is 1.23 bits per heavy atom. The molecule has 0 radical (unpaired) electrons. The van der Waals surface area contributed by atoms with Gasteiger partial charge in [-0.25, -0.2) is 4.79 Å². The first kappa shape index (κ1) is 18.7. The van der Waals surface area contributed by atoms with E-state index >= 15 is 0 Å². The number of rotatable bonds is 4. The summed E-state index contributed by atoms with van der Waals surface area (Å²) in [7, 11) is 0. The van der Waals surface area contributed by atoms with Crippen LogP contribution in [0.2, 0.25) is 5.02 Å². The second-order valence-corrected chi connectivity index (χ2v) is 6.48. The summed E-state index contributed by atoms with van der Waals surface area (Å²) >= 11 is 6.29. The molecule has 0 bridgehead atoms. The maximum atomic E-state index is 11.4. The molecular weight excluding hydrogens is 360 g/mol. The summed E-state index contributed by atoms with van der Waals surface area (Å²) in [6, 6.07) is 12.0. The summed E-state index contributed by atoms with van der Waals surface area (Å²) < 4.78 is 10.2. The molecule has 2 aromatic carbocycles. The average Bonchev–Trinajstić information content (AvgIpc) is 2.65. The van der Waals surface area contributed by atoms with Crippen molar-refractivity contribution in [2.45, 2.75) is 24.7 Å².